The van der Waals surface area contributed by atoms with E-state index in [4.69, 9.17) is 9.78 Å². The van der Waals surface area contributed by atoms with Crippen LogP contribution in [0.2, 0.25) is 0 Å². The highest BCUT2D eigenvalue weighted by molar-refractivity contribution is 5.10. The molecule has 0 rings (SSSR count). The third-order valence-corrected chi connectivity index (χ3v) is 3.87. The molecule has 0 bridgehead atoms. The molecule has 0 amide bonds. The first-order chi connectivity index (χ1) is 10.8. The van der Waals surface area contributed by atoms with Crippen LogP contribution in [-0.4, -0.2) is 11.2 Å². The first-order valence-electron chi connectivity index (χ1n) is 9.70. The van der Waals surface area contributed by atoms with Crippen LogP contribution in [0.3, 0.4) is 0 Å². The fraction of sp³-hybridized carbons (Fsp3) is 0.905. The van der Waals surface area contributed by atoms with E-state index in [1.165, 1.54) is 51.4 Å². The van der Waals surface area contributed by atoms with Crippen LogP contribution in [-0.2, 0) is 9.78 Å². The van der Waals surface area contributed by atoms with Crippen molar-refractivity contribution in [3.63, 3.8) is 0 Å². The lowest BCUT2D eigenvalue weighted by Crippen LogP contribution is -2.31. The lowest BCUT2D eigenvalue weighted by atomic mass is 10.0. The van der Waals surface area contributed by atoms with Gasteiger partial charge in [0, 0.05) is 6.42 Å². The summed E-state index contributed by atoms with van der Waals surface area (Å²) in [7, 11) is 0. The predicted octanol–water partition coefficient (Wildman–Crippen LogP) is 6.83. The number of rotatable bonds is 13. The molecule has 0 radical (unpaired) electrons. The Morgan fingerprint density at radius 2 is 1.26 bits per heavy atom. The SMILES string of the molecule is CCCCCCCCCCC#CC(C)(C)OOC(C)(C)CCC. The zero-order valence-electron chi connectivity index (χ0n) is 16.6. The fourth-order valence-electron chi connectivity index (χ4n) is 2.50. The summed E-state index contributed by atoms with van der Waals surface area (Å²) in [5, 5.41) is 0. The quantitative estimate of drug-likeness (QED) is 0.160. The van der Waals surface area contributed by atoms with Crippen molar-refractivity contribution in [1.29, 1.82) is 0 Å². The van der Waals surface area contributed by atoms with Gasteiger partial charge in [-0.2, -0.15) is 0 Å². The van der Waals surface area contributed by atoms with Gasteiger partial charge in [-0.15, -0.1) is 5.92 Å². The van der Waals surface area contributed by atoms with E-state index in [0.717, 1.165) is 19.3 Å². The molecule has 0 aliphatic carbocycles. The maximum atomic E-state index is 5.57. The van der Waals surface area contributed by atoms with E-state index < -0.39 is 5.60 Å². The second-order valence-electron chi connectivity index (χ2n) is 7.71. The molecule has 136 valence electrons. The highest BCUT2D eigenvalue weighted by Crippen LogP contribution is 2.20. The number of hydrogen-bond acceptors (Lipinski definition) is 2. The minimum atomic E-state index is -0.537. The van der Waals surface area contributed by atoms with Gasteiger partial charge in [-0.3, -0.25) is 0 Å². The van der Waals surface area contributed by atoms with Crippen LogP contribution in [0.1, 0.15) is 112 Å². The van der Waals surface area contributed by atoms with Crippen LogP contribution in [0.5, 0.6) is 0 Å². The Labute approximate surface area is 145 Å². The average Bonchev–Trinajstić information content (AvgIpc) is 2.47. The van der Waals surface area contributed by atoms with Crippen LogP contribution < -0.4 is 0 Å². The van der Waals surface area contributed by atoms with Crippen molar-refractivity contribution in [1.82, 2.24) is 0 Å². The van der Waals surface area contributed by atoms with Gasteiger partial charge in [0.15, 0.2) is 5.60 Å². The Morgan fingerprint density at radius 3 is 1.83 bits per heavy atom. The van der Waals surface area contributed by atoms with Crippen molar-refractivity contribution >= 4 is 0 Å². The molecular weight excluding hydrogens is 284 g/mol. The summed E-state index contributed by atoms with van der Waals surface area (Å²) < 4.78 is 0. The second-order valence-corrected chi connectivity index (χ2v) is 7.71. The van der Waals surface area contributed by atoms with Crippen LogP contribution in [0.4, 0.5) is 0 Å². The minimum Gasteiger partial charge on any atom is -0.229 e. The van der Waals surface area contributed by atoms with Gasteiger partial charge in [0.2, 0.25) is 0 Å². The van der Waals surface area contributed by atoms with Gasteiger partial charge in [0.25, 0.3) is 0 Å². The Balaban J connectivity index is 3.77. The summed E-state index contributed by atoms with van der Waals surface area (Å²) in [4.78, 5) is 11.1. The van der Waals surface area contributed by atoms with Gasteiger partial charge in [0.1, 0.15) is 0 Å². The molecular formula is C21H40O2. The van der Waals surface area contributed by atoms with Crippen LogP contribution >= 0.6 is 0 Å². The maximum Gasteiger partial charge on any atom is 0.158 e. The van der Waals surface area contributed by atoms with Crippen LogP contribution in [0, 0.1) is 11.8 Å². The monoisotopic (exact) mass is 324 g/mol. The average molecular weight is 325 g/mol. The third kappa shape index (κ3) is 14.8. The van der Waals surface area contributed by atoms with E-state index >= 15 is 0 Å². The lowest BCUT2D eigenvalue weighted by Gasteiger charge is -2.27. The largest absolute Gasteiger partial charge is 0.229 e. The van der Waals surface area contributed by atoms with Crippen molar-refractivity contribution in [2.45, 2.75) is 123 Å². The van der Waals surface area contributed by atoms with Gasteiger partial charge in [0.05, 0.1) is 5.60 Å². The lowest BCUT2D eigenvalue weighted by molar-refractivity contribution is -0.389. The molecule has 0 aromatic rings. The van der Waals surface area contributed by atoms with Crippen molar-refractivity contribution in [2.75, 3.05) is 0 Å². The summed E-state index contributed by atoms with van der Waals surface area (Å²) in [5.41, 5.74) is -0.781. The van der Waals surface area contributed by atoms with Crippen LogP contribution in [0.15, 0.2) is 0 Å². The number of unbranched alkanes of at least 4 members (excludes halogenated alkanes) is 8. The Bertz CT molecular complexity index is 333. The molecule has 0 saturated carbocycles. The molecule has 0 aromatic carbocycles. The summed E-state index contributed by atoms with van der Waals surface area (Å²) in [6, 6.07) is 0. The molecule has 0 atom stereocenters. The molecule has 0 aromatic heterocycles. The predicted molar refractivity (Wildman–Crippen MR) is 100 cm³/mol. The van der Waals surface area contributed by atoms with Gasteiger partial charge >= 0.3 is 0 Å². The Morgan fingerprint density at radius 1 is 0.696 bits per heavy atom. The van der Waals surface area contributed by atoms with E-state index in [9.17, 15) is 0 Å². The first-order valence-corrected chi connectivity index (χ1v) is 9.70. The Kier molecular flexibility index (Phi) is 12.6. The molecule has 2 heteroatoms. The molecule has 0 aliphatic heterocycles. The highest BCUT2D eigenvalue weighted by Gasteiger charge is 2.24. The summed E-state index contributed by atoms with van der Waals surface area (Å²) in [5.74, 6) is 6.45. The molecule has 0 unspecified atom stereocenters. The van der Waals surface area contributed by atoms with Crippen LogP contribution in [0.25, 0.3) is 0 Å². The number of hydrogen-bond donors (Lipinski definition) is 0. The van der Waals surface area contributed by atoms with Crippen molar-refractivity contribution in [2.24, 2.45) is 0 Å². The van der Waals surface area contributed by atoms with Crippen molar-refractivity contribution in [3.8, 4) is 11.8 Å². The highest BCUT2D eigenvalue weighted by atomic mass is 17.2. The molecule has 0 spiro atoms. The molecule has 0 aliphatic rings. The molecule has 2 nitrogen and oxygen atoms in total. The molecule has 0 N–H and O–H groups in total. The maximum absolute atomic E-state index is 5.57. The molecule has 0 saturated heterocycles. The summed E-state index contributed by atoms with van der Waals surface area (Å²) >= 11 is 0. The minimum absolute atomic E-state index is 0.245. The van der Waals surface area contributed by atoms with Gasteiger partial charge < -0.3 is 0 Å². The Hall–Kier alpha value is -0.520. The first kappa shape index (κ1) is 22.5. The zero-order chi connectivity index (χ0) is 17.6. The second kappa shape index (κ2) is 12.8. The fourth-order valence-corrected chi connectivity index (χ4v) is 2.50. The standard InChI is InChI=1S/C21H40O2/c1-7-9-10-11-12-13-14-15-16-17-19-21(5,6)23-22-20(3,4)18-8-2/h7-16,18H2,1-6H3. The molecule has 0 heterocycles. The van der Waals surface area contributed by atoms with Crippen molar-refractivity contribution < 1.29 is 9.78 Å². The molecule has 23 heavy (non-hydrogen) atoms. The normalized spacial score (nSPS) is 12.1. The van der Waals surface area contributed by atoms with E-state index in [-0.39, 0.29) is 5.60 Å². The molecule has 0 fully saturated rings. The van der Waals surface area contributed by atoms with E-state index in [2.05, 4.69) is 39.5 Å². The van der Waals surface area contributed by atoms with E-state index in [0.29, 0.717) is 0 Å². The summed E-state index contributed by atoms with van der Waals surface area (Å²) in [6.45, 7) is 12.5. The van der Waals surface area contributed by atoms with Gasteiger partial charge in [-0.25, -0.2) is 9.78 Å². The summed E-state index contributed by atoms with van der Waals surface area (Å²) in [6.07, 6.45) is 13.7. The topological polar surface area (TPSA) is 18.5 Å². The zero-order valence-corrected chi connectivity index (χ0v) is 16.6. The van der Waals surface area contributed by atoms with E-state index in [1.54, 1.807) is 0 Å². The smallest absolute Gasteiger partial charge is 0.158 e. The van der Waals surface area contributed by atoms with Gasteiger partial charge in [-0.1, -0.05) is 71.1 Å². The van der Waals surface area contributed by atoms with E-state index in [1.807, 2.05) is 13.8 Å². The van der Waals surface area contributed by atoms with Gasteiger partial charge in [-0.05, 0) is 40.5 Å². The third-order valence-electron chi connectivity index (χ3n) is 3.87. The van der Waals surface area contributed by atoms with Crippen molar-refractivity contribution in [3.05, 3.63) is 0 Å².